The van der Waals surface area contributed by atoms with Crippen molar-refractivity contribution in [3.05, 3.63) is 35.9 Å². The Balaban J connectivity index is 1.90. The number of piperidine rings is 1. The summed E-state index contributed by atoms with van der Waals surface area (Å²) in [6.07, 6.45) is 9.51. The number of hydrogen-bond acceptors (Lipinski definition) is 2. The van der Waals surface area contributed by atoms with Crippen molar-refractivity contribution in [2.24, 2.45) is 0 Å². The summed E-state index contributed by atoms with van der Waals surface area (Å²) in [4.78, 5) is 0. The van der Waals surface area contributed by atoms with Crippen molar-refractivity contribution in [3.63, 3.8) is 0 Å². The average Bonchev–Trinajstić information content (AvgIpc) is 2.40. The van der Waals surface area contributed by atoms with Crippen LogP contribution in [0, 0.1) is 0 Å². The predicted octanol–water partition coefficient (Wildman–Crippen LogP) is 3.24. The number of nitrogens with one attached hydrogen (secondary N) is 1. The van der Waals surface area contributed by atoms with Crippen molar-refractivity contribution in [1.82, 2.24) is 5.32 Å². The molecule has 1 heterocycles. The van der Waals surface area contributed by atoms with Crippen molar-refractivity contribution in [1.29, 1.82) is 0 Å². The summed E-state index contributed by atoms with van der Waals surface area (Å²) >= 11 is 0. The Morgan fingerprint density at radius 3 is 3.00 bits per heavy atom. The van der Waals surface area contributed by atoms with E-state index in [1.807, 2.05) is 18.2 Å². The van der Waals surface area contributed by atoms with Crippen molar-refractivity contribution in [2.75, 3.05) is 13.7 Å². The maximum atomic E-state index is 5.32. The van der Waals surface area contributed by atoms with Crippen LogP contribution in [0.3, 0.4) is 0 Å². The summed E-state index contributed by atoms with van der Waals surface area (Å²) in [5.41, 5.74) is 1.16. The summed E-state index contributed by atoms with van der Waals surface area (Å²) in [5.74, 6) is 0.945. The highest BCUT2D eigenvalue weighted by Crippen LogP contribution is 2.19. The summed E-state index contributed by atoms with van der Waals surface area (Å²) in [7, 11) is 1.72. The van der Waals surface area contributed by atoms with Crippen LogP contribution in [0.5, 0.6) is 5.75 Å². The highest BCUT2D eigenvalue weighted by Gasteiger charge is 2.10. The topological polar surface area (TPSA) is 21.3 Å². The highest BCUT2D eigenvalue weighted by atomic mass is 16.5. The molecule has 0 radical (unpaired) electrons. The number of ether oxygens (including phenoxy) is 1. The first-order chi connectivity index (χ1) is 8.40. The van der Waals surface area contributed by atoms with E-state index in [1.54, 1.807) is 7.11 Å². The zero-order valence-electron chi connectivity index (χ0n) is 10.5. The van der Waals surface area contributed by atoms with Crippen molar-refractivity contribution in [2.45, 2.75) is 31.7 Å². The Morgan fingerprint density at radius 2 is 2.24 bits per heavy atom. The van der Waals surface area contributed by atoms with E-state index >= 15 is 0 Å². The zero-order valence-corrected chi connectivity index (χ0v) is 10.5. The molecule has 1 saturated heterocycles. The summed E-state index contributed by atoms with van der Waals surface area (Å²) in [6, 6.07) is 8.79. The molecule has 92 valence electrons. The lowest BCUT2D eigenvalue weighted by Crippen LogP contribution is -2.33. The van der Waals surface area contributed by atoms with E-state index < -0.39 is 0 Å². The molecule has 0 saturated carbocycles. The van der Waals surface area contributed by atoms with Crippen LogP contribution in [-0.2, 0) is 0 Å². The first kappa shape index (κ1) is 12.2. The van der Waals surface area contributed by atoms with Crippen LogP contribution >= 0.6 is 0 Å². The number of rotatable bonds is 4. The van der Waals surface area contributed by atoms with Gasteiger partial charge in [0, 0.05) is 11.6 Å². The van der Waals surface area contributed by atoms with E-state index in [9.17, 15) is 0 Å². The fraction of sp³-hybridized carbons (Fsp3) is 0.467. The average molecular weight is 231 g/mol. The molecular formula is C15H21NO. The Hall–Kier alpha value is -1.28. The SMILES string of the molecule is COc1ccccc1/C=C/CC1CCCCN1. The third kappa shape index (κ3) is 3.60. The molecule has 1 atom stereocenters. The molecule has 1 aliphatic rings. The third-order valence-corrected chi connectivity index (χ3v) is 3.27. The lowest BCUT2D eigenvalue weighted by Gasteiger charge is -2.21. The van der Waals surface area contributed by atoms with Gasteiger partial charge in [0.2, 0.25) is 0 Å². The number of para-hydroxylation sites is 1. The fourth-order valence-corrected chi connectivity index (χ4v) is 2.29. The molecule has 0 aromatic heterocycles. The monoisotopic (exact) mass is 231 g/mol. The van der Waals surface area contributed by atoms with Gasteiger partial charge in [-0.2, -0.15) is 0 Å². The fourth-order valence-electron chi connectivity index (χ4n) is 2.29. The molecule has 2 heteroatoms. The van der Waals surface area contributed by atoms with Crippen LogP contribution in [0.25, 0.3) is 6.08 Å². The van der Waals surface area contributed by atoms with Gasteiger partial charge in [0.05, 0.1) is 7.11 Å². The molecular weight excluding hydrogens is 210 g/mol. The minimum absolute atomic E-state index is 0.662. The molecule has 1 unspecified atom stereocenters. The van der Waals surface area contributed by atoms with Gasteiger partial charge in [0.25, 0.3) is 0 Å². The lowest BCUT2D eigenvalue weighted by molar-refractivity contribution is 0.404. The second kappa shape index (κ2) is 6.45. The lowest BCUT2D eigenvalue weighted by atomic mass is 10.0. The normalized spacial score (nSPS) is 20.6. The Kier molecular flexibility index (Phi) is 4.63. The summed E-state index contributed by atoms with van der Waals surface area (Å²) in [6.45, 7) is 1.17. The molecule has 0 aliphatic carbocycles. The first-order valence-corrected chi connectivity index (χ1v) is 6.43. The second-order valence-corrected chi connectivity index (χ2v) is 4.53. The van der Waals surface area contributed by atoms with E-state index in [4.69, 9.17) is 4.74 Å². The molecule has 0 spiro atoms. The maximum Gasteiger partial charge on any atom is 0.126 e. The van der Waals surface area contributed by atoms with Gasteiger partial charge in [-0.25, -0.2) is 0 Å². The molecule has 1 aromatic rings. The van der Waals surface area contributed by atoms with Crippen LogP contribution < -0.4 is 10.1 Å². The molecule has 1 aliphatic heterocycles. The molecule has 0 bridgehead atoms. The summed E-state index contributed by atoms with van der Waals surface area (Å²) < 4.78 is 5.32. The van der Waals surface area contributed by atoms with Gasteiger partial charge in [-0.05, 0) is 31.9 Å². The molecule has 0 amide bonds. The van der Waals surface area contributed by atoms with Crippen molar-refractivity contribution in [3.8, 4) is 5.75 Å². The van der Waals surface area contributed by atoms with E-state index in [-0.39, 0.29) is 0 Å². The smallest absolute Gasteiger partial charge is 0.126 e. The molecule has 17 heavy (non-hydrogen) atoms. The van der Waals surface area contributed by atoms with Crippen LogP contribution in [0.2, 0.25) is 0 Å². The standard InChI is InChI=1S/C15H21NO/c1-17-15-11-3-2-7-13(15)8-6-10-14-9-4-5-12-16-14/h2-3,6-8,11,14,16H,4-5,9-10,12H2,1H3/b8-6+. The molecule has 1 N–H and O–H groups in total. The van der Waals surface area contributed by atoms with E-state index in [0.29, 0.717) is 6.04 Å². The van der Waals surface area contributed by atoms with Gasteiger partial charge in [0.1, 0.15) is 5.75 Å². The Labute approximate surface area is 104 Å². The number of methoxy groups -OCH3 is 1. The molecule has 1 aromatic carbocycles. The molecule has 2 rings (SSSR count). The van der Waals surface area contributed by atoms with E-state index in [2.05, 4.69) is 23.5 Å². The highest BCUT2D eigenvalue weighted by molar-refractivity contribution is 5.57. The molecule has 1 fully saturated rings. The third-order valence-electron chi connectivity index (χ3n) is 3.27. The Morgan fingerprint density at radius 1 is 1.35 bits per heavy atom. The summed E-state index contributed by atoms with van der Waals surface area (Å²) in [5, 5.41) is 3.55. The first-order valence-electron chi connectivity index (χ1n) is 6.43. The van der Waals surface area contributed by atoms with Gasteiger partial charge in [-0.15, -0.1) is 0 Å². The minimum Gasteiger partial charge on any atom is -0.496 e. The van der Waals surface area contributed by atoms with Gasteiger partial charge in [0.15, 0.2) is 0 Å². The number of benzene rings is 1. The number of hydrogen-bond donors (Lipinski definition) is 1. The zero-order chi connectivity index (χ0) is 11.9. The van der Waals surface area contributed by atoms with Crippen LogP contribution in [0.1, 0.15) is 31.2 Å². The molecule has 2 nitrogen and oxygen atoms in total. The van der Waals surface area contributed by atoms with Gasteiger partial charge >= 0.3 is 0 Å². The van der Waals surface area contributed by atoms with E-state index in [1.165, 1.54) is 25.8 Å². The predicted molar refractivity (Wildman–Crippen MR) is 72.3 cm³/mol. The van der Waals surface area contributed by atoms with E-state index in [0.717, 1.165) is 17.7 Å². The van der Waals surface area contributed by atoms with Crippen molar-refractivity contribution >= 4 is 6.08 Å². The largest absolute Gasteiger partial charge is 0.496 e. The minimum atomic E-state index is 0.662. The second-order valence-electron chi connectivity index (χ2n) is 4.53. The van der Waals surface area contributed by atoms with Crippen LogP contribution in [-0.4, -0.2) is 19.7 Å². The maximum absolute atomic E-state index is 5.32. The quantitative estimate of drug-likeness (QED) is 0.859. The Bertz CT molecular complexity index is 367. The van der Waals surface area contributed by atoms with Crippen molar-refractivity contribution < 1.29 is 4.74 Å². The van der Waals surface area contributed by atoms with Gasteiger partial charge in [-0.1, -0.05) is 36.8 Å². The van der Waals surface area contributed by atoms with Crippen LogP contribution in [0.15, 0.2) is 30.3 Å². The van der Waals surface area contributed by atoms with Crippen LogP contribution in [0.4, 0.5) is 0 Å². The van der Waals surface area contributed by atoms with Gasteiger partial charge < -0.3 is 10.1 Å². The van der Waals surface area contributed by atoms with Gasteiger partial charge in [-0.3, -0.25) is 0 Å².